The number of hydrogen-bond donors (Lipinski definition) is 1. The molecule has 35 heavy (non-hydrogen) atoms. The summed E-state index contributed by atoms with van der Waals surface area (Å²) >= 11 is 0. The van der Waals surface area contributed by atoms with Gasteiger partial charge in [-0.05, 0) is 54.5 Å². The third kappa shape index (κ3) is 4.10. The molecule has 1 amide bonds. The molecule has 7 heteroatoms. The second kappa shape index (κ2) is 8.83. The first-order valence-electron chi connectivity index (χ1n) is 11.7. The standard InChI is InChI=1S/C28H27N5O2/c1-17(2)26-23-15-29-33(21-13-12-18(3)19(4)14-21)27(23)28(35)32(31-26)16-25(34)30-24-11-7-9-20-8-5-6-10-22(20)24/h5-15,17H,16H2,1-4H3,(H,30,34). The maximum Gasteiger partial charge on any atom is 0.293 e. The minimum Gasteiger partial charge on any atom is -0.324 e. The molecule has 0 unspecified atom stereocenters. The normalized spacial score (nSPS) is 11.5. The lowest BCUT2D eigenvalue weighted by atomic mass is 10.1. The number of carbonyl (C=O) groups is 1. The van der Waals surface area contributed by atoms with Crippen LogP contribution in [0.1, 0.15) is 36.6 Å². The van der Waals surface area contributed by atoms with Crippen LogP contribution in [0.15, 0.2) is 71.7 Å². The number of nitrogens with one attached hydrogen (secondary N) is 1. The van der Waals surface area contributed by atoms with Gasteiger partial charge in [-0.3, -0.25) is 9.59 Å². The molecule has 5 rings (SSSR count). The van der Waals surface area contributed by atoms with E-state index in [-0.39, 0.29) is 23.9 Å². The van der Waals surface area contributed by atoms with E-state index in [1.807, 2.05) is 88.4 Å². The zero-order chi connectivity index (χ0) is 24.7. The van der Waals surface area contributed by atoms with Gasteiger partial charge in [0.15, 0.2) is 0 Å². The van der Waals surface area contributed by atoms with Crippen molar-refractivity contribution < 1.29 is 4.79 Å². The highest BCUT2D eigenvalue weighted by Crippen LogP contribution is 2.25. The Kier molecular flexibility index (Phi) is 5.68. The molecule has 0 aliphatic carbocycles. The van der Waals surface area contributed by atoms with Crippen molar-refractivity contribution >= 4 is 33.3 Å². The molecule has 0 aliphatic heterocycles. The quantitative estimate of drug-likeness (QED) is 0.391. The van der Waals surface area contributed by atoms with E-state index < -0.39 is 0 Å². The SMILES string of the molecule is Cc1ccc(-n2ncc3c(C(C)C)nn(CC(=O)Nc4cccc5ccccc45)c(=O)c32)cc1C. The zero-order valence-electron chi connectivity index (χ0n) is 20.2. The molecule has 1 N–H and O–H groups in total. The third-order valence-electron chi connectivity index (χ3n) is 6.35. The van der Waals surface area contributed by atoms with Gasteiger partial charge in [-0.2, -0.15) is 10.2 Å². The molecular weight excluding hydrogens is 438 g/mol. The monoisotopic (exact) mass is 465 g/mol. The summed E-state index contributed by atoms with van der Waals surface area (Å²) in [7, 11) is 0. The van der Waals surface area contributed by atoms with E-state index in [1.165, 1.54) is 4.68 Å². The number of amides is 1. The number of benzene rings is 3. The maximum atomic E-state index is 13.6. The second-order valence-corrected chi connectivity index (χ2v) is 9.16. The molecule has 0 atom stereocenters. The Balaban J connectivity index is 1.57. The van der Waals surface area contributed by atoms with Gasteiger partial charge in [-0.1, -0.05) is 56.3 Å². The number of aromatic nitrogens is 4. The first kappa shape index (κ1) is 22.5. The third-order valence-corrected chi connectivity index (χ3v) is 6.35. The molecule has 0 aliphatic rings. The van der Waals surface area contributed by atoms with Gasteiger partial charge in [0, 0.05) is 16.5 Å². The summed E-state index contributed by atoms with van der Waals surface area (Å²) in [5, 5.41) is 14.7. The molecule has 2 aromatic heterocycles. The average molecular weight is 466 g/mol. The lowest BCUT2D eigenvalue weighted by Crippen LogP contribution is -2.31. The summed E-state index contributed by atoms with van der Waals surface area (Å²) in [6, 6.07) is 19.6. The summed E-state index contributed by atoms with van der Waals surface area (Å²) in [4.78, 5) is 26.6. The largest absolute Gasteiger partial charge is 0.324 e. The Labute approximate surface area is 203 Å². The highest BCUT2D eigenvalue weighted by Gasteiger charge is 2.20. The Bertz CT molecular complexity index is 1640. The Morgan fingerprint density at radius 3 is 2.51 bits per heavy atom. The van der Waals surface area contributed by atoms with Crippen molar-refractivity contribution in [2.24, 2.45) is 0 Å². The fourth-order valence-corrected chi connectivity index (χ4v) is 4.34. The van der Waals surface area contributed by atoms with Crippen molar-refractivity contribution in [2.75, 3.05) is 5.32 Å². The average Bonchev–Trinajstić information content (AvgIpc) is 3.28. The van der Waals surface area contributed by atoms with Crippen LogP contribution in [-0.4, -0.2) is 25.5 Å². The molecule has 176 valence electrons. The Morgan fingerprint density at radius 2 is 1.74 bits per heavy atom. The molecule has 5 aromatic rings. The van der Waals surface area contributed by atoms with Gasteiger partial charge in [0.05, 0.1) is 17.6 Å². The van der Waals surface area contributed by atoms with Crippen LogP contribution in [0.5, 0.6) is 0 Å². The van der Waals surface area contributed by atoms with Crippen molar-refractivity contribution in [1.82, 2.24) is 19.6 Å². The van der Waals surface area contributed by atoms with Gasteiger partial charge in [-0.15, -0.1) is 0 Å². The van der Waals surface area contributed by atoms with E-state index in [0.717, 1.165) is 33.3 Å². The number of anilines is 1. The fourth-order valence-electron chi connectivity index (χ4n) is 4.34. The van der Waals surface area contributed by atoms with E-state index in [4.69, 9.17) is 0 Å². The molecule has 0 saturated carbocycles. The van der Waals surface area contributed by atoms with Gasteiger partial charge < -0.3 is 5.32 Å². The maximum absolute atomic E-state index is 13.6. The van der Waals surface area contributed by atoms with Crippen LogP contribution in [0, 0.1) is 13.8 Å². The first-order chi connectivity index (χ1) is 16.8. The van der Waals surface area contributed by atoms with Crippen LogP contribution < -0.4 is 10.9 Å². The predicted molar refractivity (Wildman–Crippen MR) is 139 cm³/mol. The van der Waals surface area contributed by atoms with Gasteiger partial charge in [0.1, 0.15) is 12.1 Å². The smallest absolute Gasteiger partial charge is 0.293 e. The van der Waals surface area contributed by atoms with Crippen molar-refractivity contribution in [2.45, 2.75) is 40.2 Å². The van der Waals surface area contributed by atoms with E-state index in [2.05, 4.69) is 15.5 Å². The van der Waals surface area contributed by atoms with Crippen LogP contribution in [0.25, 0.3) is 27.4 Å². The Hall–Kier alpha value is -4.26. The van der Waals surface area contributed by atoms with E-state index in [1.54, 1.807) is 10.9 Å². The highest BCUT2D eigenvalue weighted by molar-refractivity contribution is 6.02. The van der Waals surface area contributed by atoms with Crippen molar-refractivity contribution in [3.63, 3.8) is 0 Å². The van der Waals surface area contributed by atoms with Gasteiger partial charge >= 0.3 is 0 Å². The second-order valence-electron chi connectivity index (χ2n) is 9.16. The number of fused-ring (bicyclic) bond motifs is 2. The molecule has 0 radical (unpaired) electrons. The van der Waals surface area contributed by atoms with Gasteiger partial charge in [-0.25, -0.2) is 9.36 Å². The minimum atomic E-state index is -0.354. The number of nitrogens with zero attached hydrogens (tertiary/aromatic N) is 4. The molecule has 7 nitrogen and oxygen atoms in total. The molecular formula is C28H27N5O2. The summed E-state index contributed by atoms with van der Waals surface area (Å²) in [6.07, 6.45) is 1.69. The molecule has 0 spiro atoms. The van der Waals surface area contributed by atoms with Gasteiger partial charge in [0.2, 0.25) is 5.91 Å². The molecule has 0 bridgehead atoms. The summed E-state index contributed by atoms with van der Waals surface area (Å²) in [6.45, 7) is 7.90. The van der Waals surface area contributed by atoms with E-state index in [9.17, 15) is 9.59 Å². The molecule has 0 fully saturated rings. The van der Waals surface area contributed by atoms with Crippen LogP contribution >= 0.6 is 0 Å². The van der Waals surface area contributed by atoms with Crippen LogP contribution in [-0.2, 0) is 11.3 Å². The van der Waals surface area contributed by atoms with Crippen molar-refractivity contribution in [3.05, 3.63) is 94.0 Å². The van der Waals surface area contributed by atoms with E-state index >= 15 is 0 Å². The lowest BCUT2D eigenvalue weighted by molar-refractivity contribution is -0.117. The summed E-state index contributed by atoms with van der Waals surface area (Å²) in [5.74, 6) is -0.273. The van der Waals surface area contributed by atoms with Crippen LogP contribution in [0.2, 0.25) is 0 Å². The topological polar surface area (TPSA) is 81.8 Å². The number of rotatable bonds is 5. The fraction of sp³-hybridized carbons (Fsp3) is 0.214. The molecule has 0 saturated heterocycles. The highest BCUT2D eigenvalue weighted by atomic mass is 16.2. The number of carbonyl (C=O) groups excluding carboxylic acids is 1. The number of hydrogen-bond acceptors (Lipinski definition) is 4. The Morgan fingerprint density at radius 1 is 0.971 bits per heavy atom. The number of aryl methyl sites for hydroxylation is 2. The van der Waals surface area contributed by atoms with Crippen LogP contribution in [0.4, 0.5) is 5.69 Å². The van der Waals surface area contributed by atoms with E-state index in [0.29, 0.717) is 16.6 Å². The first-order valence-corrected chi connectivity index (χ1v) is 11.7. The zero-order valence-corrected chi connectivity index (χ0v) is 20.2. The van der Waals surface area contributed by atoms with Crippen molar-refractivity contribution in [3.8, 4) is 5.69 Å². The minimum absolute atomic E-state index is 0.0443. The molecule has 2 heterocycles. The lowest BCUT2D eigenvalue weighted by Gasteiger charge is -2.13. The van der Waals surface area contributed by atoms with Crippen LogP contribution in [0.3, 0.4) is 0 Å². The van der Waals surface area contributed by atoms with Gasteiger partial charge in [0.25, 0.3) is 5.56 Å². The summed E-state index contributed by atoms with van der Waals surface area (Å²) in [5.41, 5.74) is 4.57. The van der Waals surface area contributed by atoms with Crippen molar-refractivity contribution in [1.29, 1.82) is 0 Å². The summed E-state index contributed by atoms with van der Waals surface area (Å²) < 4.78 is 2.90. The molecule has 3 aromatic carbocycles. The predicted octanol–water partition coefficient (Wildman–Crippen LogP) is 5.11.